The minimum Gasteiger partial charge on any atom is -0.335 e. The molecule has 1 fully saturated rings. The molecule has 1 saturated heterocycles. The van der Waals surface area contributed by atoms with Crippen LogP contribution in [0, 0.1) is 5.92 Å². The molecule has 0 bridgehead atoms. The Kier molecular flexibility index (Phi) is 32.1. The molecule has 1 aliphatic heterocycles. The highest BCUT2D eigenvalue weighted by molar-refractivity contribution is 5.95. The Bertz CT molecular complexity index is 883. The molecule has 1 aliphatic rings. The van der Waals surface area contributed by atoms with E-state index in [0.29, 0.717) is 0 Å². The lowest BCUT2D eigenvalue weighted by molar-refractivity contribution is -0.132. The average molecular weight is 710 g/mol. The molecule has 0 aromatic carbocycles. The van der Waals surface area contributed by atoms with E-state index < -0.39 is 0 Å². The van der Waals surface area contributed by atoms with Gasteiger partial charge in [-0.2, -0.15) is 0 Å². The fourth-order valence-electron chi connectivity index (χ4n) is 6.95. The second-order valence-corrected chi connectivity index (χ2v) is 15.4. The highest BCUT2D eigenvalue weighted by atomic mass is 16.2. The Labute approximate surface area is 317 Å². The van der Waals surface area contributed by atoms with E-state index in [0.717, 1.165) is 64.5 Å². The van der Waals surface area contributed by atoms with Gasteiger partial charge in [0.2, 0.25) is 5.91 Å². The molecule has 3 amide bonds. The van der Waals surface area contributed by atoms with Gasteiger partial charge in [-0.05, 0) is 110 Å². The number of allylic oxidation sites excluding steroid dienone is 8. The Hall–Kier alpha value is -2.14. The summed E-state index contributed by atoms with van der Waals surface area (Å²) < 4.78 is 0. The van der Waals surface area contributed by atoms with Gasteiger partial charge in [0.1, 0.15) is 0 Å². The summed E-state index contributed by atoms with van der Waals surface area (Å²) in [6.45, 7) is 6.50. The Morgan fingerprint density at radius 2 is 0.961 bits per heavy atom. The first-order valence-corrected chi connectivity index (χ1v) is 21.9. The van der Waals surface area contributed by atoms with Gasteiger partial charge in [-0.1, -0.05) is 152 Å². The van der Waals surface area contributed by atoms with Crippen LogP contribution in [0.4, 0.5) is 4.79 Å². The molecule has 0 saturated carbocycles. The van der Waals surface area contributed by atoms with Crippen LogP contribution in [0.5, 0.6) is 0 Å². The summed E-state index contributed by atoms with van der Waals surface area (Å²) in [5, 5.41) is 3.15. The van der Waals surface area contributed by atoms with Crippen LogP contribution < -0.4 is 5.32 Å². The maximum absolute atomic E-state index is 13.6. The van der Waals surface area contributed by atoms with Gasteiger partial charge in [0.25, 0.3) is 0 Å². The van der Waals surface area contributed by atoms with Gasteiger partial charge < -0.3 is 10.2 Å². The molecule has 0 radical (unpaired) electrons. The third-order valence-corrected chi connectivity index (χ3v) is 10.5. The van der Waals surface area contributed by atoms with Crippen molar-refractivity contribution in [2.45, 2.75) is 200 Å². The zero-order valence-corrected chi connectivity index (χ0v) is 34.2. The maximum atomic E-state index is 13.6. The van der Waals surface area contributed by atoms with Gasteiger partial charge >= 0.3 is 6.03 Å². The summed E-state index contributed by atoms with van der Waals surface area (Å²) >= 11 is 0. The van der Waals surface area contributed by atoms with E-state index in [1.54, 1.807) is 7.05 Å². The average Bonchev–Trinajstić information content (AvgIpc) is 3.13. The number of unbranched alkanes of at least 4 members (excludes halogenated alkanes) is 18. The predicted molar refractivity (Wildman–Crippen MR) is 223 cm³/mol. The van der Waals surface area contributed by atoms with Crippen LogP contribution >= 0.6 is 0 Å². The van der Waals surface area contributed by atoms with Crippen LogP contribution in [-0.4, -0.2) is 55.0 Å². The van der Waals surface area contributed by atoms with Crippen molar-refractivity contribution in [2.75, 3.05) is 27.2 Å². The summed E-state index contributed by atoms with van der Waals surface area (Å²) in [5.41, 5.74) is 0. The van der Waals surface area contributed by atoms with Gasteiger partial charge in [0.05, 0.1) is 0 Å². The summed E-state index contributed by atoms with van der Waals surface area (Å²) in [5.74, 6) is -0.0273. The van der Waals surface area contributed by atoms with Gasteiger partial charge in [0.15, 0.2) is 0 Å². The lowest BCUT2D eigenvalue weighted by Gasteiger charge is -2.31. The minimum absolute atomic E-state index is 0.0191. The SMILES string of the molecule is CCCCC/C=C\C/C=C\CCCCCCCCC(CCCCCCCC/C=C\C/C=C\CCCCC)C(=O)N(C)C(=O)NC1CCN(C)CC1. The molecule has 0 spiro atoms. The maximum Gasteiger partial charge on any atom is 0.324 e. The van der Waals surface area contributed by atoms with E-state index in [4.69, 9.17) is 0 Å². The van der Waals surface area contributed by atoms with Gasteiger partial charge in [-0.15, -0.1) is 0 Å². The summed E-state index contributed by atoms with van der Waals surface area (Å²) in [4.78, 5) is 30.3. The fraction of sp³-hybridized carbons (Fsp3) is 0.783. The normalized spacial score (nSPS) is 14.7. The van der Waals surface area contributed by atoms with Crippen molar-refractivity contribution < 1.29 is 9.59 Å². The van der Waals surface area contributed by atoms with Crippen molar-refractivity contribution >= 4 is 11.9 Å². The van der Waals surface area contributed by atoms with E-state index in [1.807, 2.05) is 0 Å². The zero-order chi connectivity index (χ0) is 37.0. The number of likely N-dealkylation sites (tertiary alicyclic amines) is 1. The quantitative estimate of drug-likeness (QED) is 0.0559. The largest absolute Gasteiger partial charge is 0.335 e. The first kappa shape index (κ1) is 46.9. The monoisotopic (exact) mass is 710 g/mol. The minimum atomic E-state index is -0.214. The lowest BCUT2D eigenvalue weighted by Crippen LogP contribution is -2.50. The molecular formula is C46H83N3O2. The molecular weight excluding hydrogens is 627 g/mol. The number of rotatable bonds is 32. The predicted octanol–water partition coefficient (Wildman–Crippen LogP) is 13.3. The lowest BCUT2D eigenvalue weighted by atomic mass is 9.93. The summed E-state index contributed by atoms with van der Waals surface area (Å²) in [6, 6.07) is -0.0451. The number of carbonyl (C=O) groups excluding carboxylic acids is 2. The summed E-state index contributed by atoms with van der Waals surface area (Å²) in [6.07, 6.45) is 51.8. The molecule has 0 atom stereocenters. The molecule has 1 rings (SSSR count). The number of piperidine rings is 1. The van der Waals surface area contributed by atoms with E-state index in [1.165, 1.54) is 133 Å². The van der Waals surface area contributed by atoms with Crippen molar-refractivity contribution in [3.05, 3.63) is 48.6 Å². The molecule has 5 nitrogen and oxygen atoms in total. The van der Waals surface area contributed by atoms with E-state index >= 15 is 0 Å². The van der Waals surface area contributed by atoms with Crippen molar-refractivity contribution in [1.29, 1.82) is 0 Å². The number of urea groups is 1. The first-order chi connectivity index (χ1) is 25.0. The van der Waals surface area contributed by atoms with E-state index in [-0.39, 0.29) is 23.9 Å². The second-order valence-electron chi connectivity index (χ2n) is 15.4. The van der Waals surface area contributed by atoms with Crippen LogP contribution in [0.3, 0.4) is 0 Å². The number of imide groups is 1. The number of hydrogen-bond acceptors (Lipinski definition) is 3. The molecule has 0 aliphatic carbocycles. The molecule has 5 heteroatoms. The molecule has 0 aromatic rings. The number of carbonyl (C=O) groups is 2. The van der Waals surface area contributed by atoms with Crippen LogP contribution in [0.25, 0.3) is 0 Å². The van der Waals surface area contributed by atoms with Crippen molar-refractivity contribution in [1.82, 2.24) is 15.1 Å². The molecule has 0 aromatic heterocycles. The third kappa shape index (κ3) is 28.1. The molecule has 1 N–H and O–H groups in total. The van der Waals surface area contributed by atoms with E-state index in [2.05, 4.69) is 79.7 Å². The topological polar surface area (TPSA) is 52.7 Å². The van der Waals surface area contributed by atoms with Crippen LogP contribution in [0.15, 0.2) is 48.6 Å². The van der Waals surface area contributed by atoms with Crippen LogP contribution in [0.2, 0.25) is 0 Å². The van der Waals surface area contributed by atoms with Crippen molar-refractivity contribution in [3.8, 4) is 0 Å². The van der Waals surface area contributed by atoms with Gasteiger partial charge in [-0.25, -0.2) is 4.79 Å². The molecule has 0 unspecified atom stereocenters. The number of hydrogen-bond donors (Lipinski definition) is 1. The van der Waals surface area contributed by atoms with Crippen molar-refractivity contribution in [2.24, 2.45) is 5.92 Å². The molecule has 294 valence electrons. The van der Waals surface area contributed by atoms with Gasteiger partial charge in [-0.3, -0.25) is 9.69 Å². The highest BCUT2D eigenvalue weighted by Gasteiger charge is 2.27. The first-order valence-electron chi connectivity index (χ1n) is 21.9. The zero-order valence-electron chi connectivity index (χ0n) is 34.2. The fourth-order valence-corrected chi connectivity index (χ4v) is 6.95. The van der Waals surface area contributed by atoms with Gasteiger partial charge in [0, 0.05) is 19.0 Å². The Balaban J connectivity index is 2.33. The van der Waals surface area contributed by atoms with Crippen molar-refractivity contribution in [3.63, 3.8) is 0 Å². The number of amides is 3. The number of nitrogens with one attached hydrogen (secondary N) is 1. The van der Waals surface area contributed by atoms with E-state index in [9.17, 15) is 9.59 Å². The highest BCUT2D eigenvalue weighted by Crippen LogP contribution is 2.22. The van der Waals surface area contributed by atoms with Crippen LogP contribution in [-0.2, 0) is 4.79 Å². The number of nitrogens with zero attached hydrogens (tertiary/aromatic N) is 2. The summed E-state index contributed by atoms with van der Waals surface area (Å²) in [7, 11) is 3.82. The Morgan fingerprint density at radius 1 is 0.588 bits per heavy atom. The van der Waals surface area contributed by atoms with Crippen LogP contribution in [0.1, 0.15) is 194 Å². The molecule has 1 heterocycles. The second kappa shape index (κ2) is 34.9. The smallest absolute Gasteiger partial charge is 0.324 e. The standard InChI is InChI=1S/C46H83N3O2/c1-5-7-9-11-13-15-17-19-21-23-25-27-29-31-33-35-37-43(45(50)49(4)46(51)47-44-39-41-48(3)42-40-44)38-36-34-32-30-28-26-24-22-20-18-16-14-12-10-8-6-2/h13-16,19-22,43-44H,5-12,17-18,23-42H2,1-4H3,(H,47,51)/b15-13-,16-14-,21-19-,22-20-. The molecule has 51 heavy (non-hydrogen) atoms. The third-order valence-electron chi connectivity index (χ3n) is 10.5. The Morgan fingerprint density at radius 3 is 1.37 bits per heavy atom.